The van der Waals surface area contributed by atoms with Gasteiger partial charge in [0.15, 0.2) is 5.82 Å². The molecule has 20 heavy (non-hydrogen) atoms. The number of anilines is 1. The third-order valence-electron chi connectivity index (χ3n) is 3.20. The second-order valence-corrected chi connectivity index (χ2v) is 4.72. The summed E-state index contributed by atoms with van der Waals surface area (Å²) in [6.45, 7) is 2.09. The number of rotatable bonds is 4. The highest BCUT2D eigenvalue weighted by Crippen LogP contribution is 2.23. The lowest BCUT2D eigenvalue weighted by molar-refractivity contribution is 0.825. The Labute approximate surface area is 116 Å². The molecular formula is C14H16N6. The van der Waals surface area contributed by atoms with Crippen LogP contribution >= 0.6 is 0 Å². The molecule has 6 nitrogen and oxygen atoms in total. The molecule has 2 N–H and O–H groups in total. The van der Waals surface area contributed by atoms with Gasteiger partial charge in [-0.3, -0.25) is 5.10 Å². The third-order valence-corrected chi connectivity index (χ3v) is 3.20. The van der Waals surface area contributed by atoms with Crippen molar-refractivity contribution in [3.8, 4) is 11.4 Å². The van der Waals surface area contributed by atoms with Gasteiger partial charge in [0.1, 0.15) is 6.33 Å². The van der Waals surface area contributed by atoms with Crippen molar-refractivity contribution in [3.05, 3.63) is 48.5 Å². The molecular weight excluding hydrogens is 252 g/mol. The predicted octanol–water partition coefficient (Wildman–Crippen LogP) is 2.38. The fraction of sp³-hybridized carbons (Fsp3) is 0.214. The van der Waals surface area contributed by atoms with Crippen LogP contribution in [0.3, 0.4) is 0 Å². The number of aryl methyl sites for hydroxylation is 1. The van der Waals surface area contributed by atoms with Crippen molar-refractivity contribution in [1.82, 2.24) is 25.0 Å². The van der Waals surface area contributed by atoms with Crippen LogP contribution in [0.15, 0.2) is 42.9 Å². The molecule has 0 amide bonds. The average molecular weight is 268 g/mol. The summed E-state index contributed by atoms with van der Waals surface area (Å²) in [5.41, 5.74) is 3.12. The molecule has 2 heterocycles. The van der Waals surface area contributed by atoms with E-state index < -0.39 is 0 Å². The van der Waals surface area contributed by atoms with Crippen molar-refractivity contribution in [2.24, 2.45) is 7.05 Å². The largest absolute Gasteiger partial charge is 0.377 e. The highest BCUT2D eigenvalue weighted by molar-refractivity contribution is 5.62. The molecule has 0 aliphatic rings. The van der Waals surface area contributed by atoms with E-state index in [0.29, 0.717) is 0 Å². The standard InChI is InChI=1S/C14H16N6/c1-10(13-6-7-15-18-13)17-12-5-3-4-11(8-12)14-19-16-9-20(14)2/h3-10,17H,1-2H3,(H,15,18). The number of nitrogens with zero attached hydrogens (tertiary/aromatic N) is 4. The maximum atomic E-state index is 4.13. The molecule has 1 aromatic carbocycles. The van der Waals surface area contributed by atoms with Crippen molar-refractivity contribution >= 4 is 5.69 Å². The minimum Gasteiger partial charge on any atom is -0.377 e. The molecule has 0 aliphatic heterocycles. The number of aromatic nitrogens is 5. The lowest BCUT2D eigenvalue weighted by atomic mass is 10.1. The molecule has 1 atom stereocenters. The van der Waals surface area contributed by atoms with Gasteiger partial charge in [-0.1, -0.05) is 12.1 Å². The minimum absolute atomic E-state index is 0.159. The van der Waals surface area contributed by atoms with Gasteiger partial charge in [-0.25, -0.2) is 0 Å². The highest BCUT2D eigenvalue weighted by Gasteiger charge is 2.08. The molecule has 1 unspecified atom stereocenters. The number of H-pyrrole nitrogens is 1. The molecule has 6 heteroatoms. The van der Waals surface area contributed by atoms with Crippen LogP contribution in [0.2, 0.25) is 0 Å². The van der Waals surface area contributed by atoms with E-state index in [1.807, 2.05) is 35.9 Å². The van der Waals surface area contributed by atoms with E-state index in [4.69, 9.17) is 0 Å². The van der Waals surface area contributed by atoms with Crippen molar-refractivity contribution in [2.45, 2.75) is 13.0 Å². The lowest BCUT2D eigenvalue weighted by Gasteiger charge is -2.14. The van der Waals surface area contributed by atoms with Crippen molar-refractivity contribution in [1.29, 1.82) is 0 Å². The first-order valence-corrected chi connectivity index (χ1v) is 6.44. The van der Waals surface area contributed by atoms with E-state index in [9.17, 15) is 0 Å². The van der Waals surface area contributed by atoms with E-state index in [-0.39, 0.29) is 6.04 Å². The van der Waals surface area contributed by atoms with Crippen molar-refractivity contribution < 1.29 is 0 Å². The quantitative estimate of drug-likeness (QED) is 0.762. The number of hydrogen-bond donors (Lipinski definition) is 2. The van der Waals surface area contributed by atoms with Gasteiger partial charge >= 0.3 is 0 Å². The summed E-state index contributed by atoms with van der Waals surface area (Å²) in [4.78, 5) is 0. The number of hydrogen-bond acceptors (Lipinski definition) is 4. The van der Waals surface area contributed by atoms with Crippen LogP contribution in [0.25, 0.3) is 11.4 Å². The van der Waals surface area contributed by atoms with Gasteiger partial charge in [0.2, 0.25) is 0 Å². The predicted molar refractivity (Wildman–Crippen MR) is 77.1 cm³/mol. The zero-order chi connectivity index (χ0) is 13.9. The van der Waals surface area contributed by atoms with Crippen LogP contribution < -0.4 is 5.32 Å². The van der Waals surface area contributed by atoms with Crippen LogP contribution in [-0.2, 0) is 7.05 Å². The number of benzene rings is 1. The summed E-state index contributed by atoms with van der Waals surface area (Å²) in [6, 6.07) is 10.3. The van der Waals surface area contributed by atoms with E-state index in [1.54, 1.807) is 12.5 Å². The first kappa shape index (κ1) is 12.4. The fourth-order valence-corrected chi connectivity index (χ4v) is 2.13. The summed E-state index contributed by atoms with van der Waals surface area (Å²) in [5.74, 6) is 0.850. The SMILES string of the molecule is CC(Nc1cccc(-c2nncn2C)c1)c1ccn[nH]1. The molecule has 0 bridgehead atoms. The first-order valence-electron chi connectivity index (χ1n) is 6.44. The fourth-order valence-electron chi connectivity index (χ4n) is 2.13. The lowest BCUT2D eigenvalue weighted by Crippen LogP contribution is -2.07. The summed E-state index contributed by atoms with van der Waals surface area (Å²) in [5, 5.41) is 18.4. The zero-order valence-corrected chi connectivity index (χ0v) is 11.4. The third kappa shape index (κ3) is 2.40. The van der Waals surface area contributed by atoms with Gasteiger partial charge < -0.3 is 9.88 Å². The molecule has 3 rings (SSSR count). The Morgan fingerprint density at radius 1 is 1.30 bits per heavy atom. The molecule has 3 aromatic rings. The van der Waals surface area contributed by atoms with E-state index in [0.717, 1.165) is 22.8 Å². The molecule has 0 fully saturated rings. The Morgan fingerprint density at radius 3 is 2.90 bits per heavy atom. The number of aromatic amines is 1. The molecule has 2 aromatic heterocycles. The maximum absolute atomic E-state index is 4.13. The Bertz CT molecular complexity index is 685. The first-order chi connectivity index (χ1) is 9.74. The van der Waals surface area contributed by atoms with Gasteiger partial charge in [0.25, 0.3) is 0 Å². The molecule has 0 saturated carbocycles. The molecule has 102 valence electrons. The van der Waals surface area contributed by atoms with Crippen LogP contribution in [0.5, 0.6) is 0 Å². The maximum Gasteiger partial charge on any atom is 0.163 e. The van der Waals surface area contributed by atoms with Gasteiger partial charge in [0, 0.05) is 24.5 Å². The Morgan fingerprint density at radius 2 is 2.20 bits per heavy atom. The van der Waals surface area contributed by atoms with Gasteiger partial charge in [-0.2, -0.15) is 5.10 Å². The van der Waals surface area contributed by atoms with Crippen molar-refractivity contribution in [3.63, 3.8) is 0 Å². The van der Waals surface area contributed by atoms with Gasteiger partial charge in [0.05, 0.1) is 11.7 Å². The molecule has 0 aliphatic carbocycles. The summed E-state index contributed by atoms with van der Waals surface area (Å²) >= 11 is 0. The van der Waals surface area contributed by atoms with Gasteiger partial charge in [-0.05, 0) is 25.1 Å². The van der Waals surface area contributed by atoms with E-state index in [2.05, 4.69) is 38.7 Å². The van der Waals surface area contributed by atoms with Crippen molar-refractivity contribution in [2.75, 3.05) is 5.32 Å². The number of nitrogens with one attached hydrogen (secondary N) is 2. The van der Waals surface area contributed by atoms with Crippen LogP contribution in [-0.4, -0.2) is 25.0 Å². The minimum atomic E-state index is 0.159. The Kier molecular flexibility index (Phi) is 3.20. The van der Waals surface area contributed by atoms with Crippen LogP contribution in [0.1, 0.15) is 18.7 Å². The highest BCUT2D eigenvalue weighted by atomic mass is 15.2. The van der Waals surface area contributed by atoms with Gasteiger partial charge in [-0.15, -0.1) is 10.2 Å². The topological polar surface area (TPSA) is 71.4 Å². The Balaban J connectivity index is 1.83. The Hall–Kier alpha value is -2.63. The van der Waals surface area contributed by atoms with Crippen LogP contribution in [0.4, 0.5) is 5.69 Å². The summed E-state index contributed by atoms with van der Waals surface area (Å²) < 4.78 is 1.90. The van der Waals surface area contributed by atoms with E-state index in [1.165, 1.54) is 0 Å². The average Bonchev–Trinajstić information content (AvgIpc) is 3.10. The monoisotopic (exact) mass is 268 g/mol. The molecule has 0 saturated heterocycles. The second-order valence-electron chi connectivity index (χ2n) is 4.72. The second kappa shape index (κ2) is 5.16. The smallest absolute Gasteiger partial charge is 0.163 e. The van der Waals surface area contributed by atoms with Crippen LogP contribution in [0, 0.1) is 0 Å². The van der Waals surface area contributed by atoms with E-state index >= 15 is 0 Å². The zero-order valence-electron chi connectivity index (χ0n) is 11.4. The normalized spacial score (nSPS) is 12.3. The molecule has 0 radical (unpaired) electrons. The summed E-state index contributed by atoms with van der Waals surface area (Å²) in [6.07, 6.45) is 3.45. The summed E-state index contributed by atoms with van der Waals surface area (Å²) in [7, 11) is 1.93. The molecule has 0 spiro atoms.